The van der Waals surface area contributed by atoms with E-state index in [1.165, 1.54) is 0 Å². The maximum absolute atomic E-state index is 11.2. The van der Waals surface area contributed by atoms with E-state index in [9.17, 15) is 4.79 Å². The molecule has 0 aliphatic rings. The molecule has 0 spiro atoms. The number of benzene rings is 1. The van der Waals surface area contributed by atoms with Gasteiger partial charge in [-0.3, -0.25) is 0 Å². The van der Waals surface area contributed by atoms with E-state index in [-0.39, 0.29) is 12.6 Å². The minimum absolute atomic E-state index is 0.273. The lowest BCUT2D eigenvalue weighted by Gasteiger charge is -2.10. The van der Waals surface area contributed by atoms with Crippen molar-refractivity contribution in [2.24, 2.45) is 0 Å². The molecule has 1 aromatic carbocycles. The number of hydrogen-bond donors (Lipinski definition) is 1. The number of para-hydroxylation sites is 1. The molecule has 16 heavy (non-hydrogen) atoms. The Bertz CT molecular complexity index is 385. The summed E-state index contributed by atoms with van der Waals surface area (Å²) < 4.78 is 5.10. The van der Waals surface area contributed by atoms with Gasteiger partial charge < -0.3 is 10.1 Å². The molecule has 86 valence electrons. The lowest BCUT2D eigenvalue weighted by atomic mass is 10.2. The van der Waals surface area contributed by atoms with Gasteiger partial charge in [0.2, 0.25) is 0 Å². The number of anilines is 1. The van der Waals surface area contributed by atoms with E-state index >= 15 is 0 Å². The second-order valence-electron chi connectivity index (χ2n) is 3.54. The number of carbonyl (C=O) groups is 1. The number of carbonyl (C=O) groups excluding carboxylic acids is 1. The molecule has 0 saturated heterocycles. The zero-order valence-electron chi connectivity index (χ0n) is 9.75. The van der Waals surface area contributed by atoms with Gasteiger partial charge in [-0.2, -0.15) is 0 Å². The van der Waals surface area contributed by atoms with Crippen LogP contribution in [0.3, 0.4) is 0 Å². The van der Waals surface area contributed by atoms with Gasteiger partial charge in [-0.1, -0.05) is 24.8 Å². The highest BCUT2D eigenvalue weighted by Gasteiger charge is 2.06. The summed E-state index contributed by atoms with van der Waals surface area (Å²) in [5.41, 5.74) is 2.39. The molecular weight excluding hydrogens is 202 g/mol. The molecule has 0 unspecified atom stereocenters. The van der Waals surface area contributed by atoms with Crippen LogP contribution < -0.4 is 5.32 Å². The van der Waals surface area contributed by atoms with Crippen LogP contribution in [0.1, 0.15) is 19.4 Å². The zero-order chi connectivity index (χ0) is 12.0. The fraction of sp³-hybridized carbons (Fsp3) is 0.308. The van der Waals surface area contributed by atoms with Crippen molar-refractivity contribution in [3.05, 3.63) is 42.0 Å². The summed E-state index contributed by atoms with van der Waals surface area (Å²) in [6.07, 6.45) is 0. The summed E-state index contributed by atoms with van der Waals surface area (Å²) in [6.45, 7) is 8.31. The Morgan fingerprint density at radius 2 is 2.12 bits per heavy atom. The van der Waals surface area contributed by atoms with Gasteiger partial charge in [0.25, 0.3) is 0 Å². The third-order valence-electron chi connectivity index (χ3n) is 2.09. The van der Waals surface area contributed by atoms with Crippen molar-refractivity contribution in [1.29, 1.82) is 0 Å². The van der Waals surface area contributed by atoms with Crippen LogP contribution >= 0.6 is 0 Å². The molecule has 0 saturated carbocycles. The average molecular weight is 219 g/mol. The van der Waals surface area contributed by atoms with E-state index in [0.717, 1.165) is 17.8 Å². The third-order valence-corrected chi connectivity index (χ3v) is 2.09. The standard InChI is InChI=1S/C13H17NO2/c1-4-14-12-8-6-5-7-11(12)9-16-13(15)10(2)3/h5-8,14H,2,4,9H2,1,3H3. The lowest BCUT2D eigenvalue weighted by molar-refractivity contribution is -0.140. The minimum Gasteiger partial charge on any atom is -0.457 e. The van der Waals surface area contributed by atoms with Gasteiger partial charge >= 0.3 is 5.97 Å². The first-order valence-electron chi connectivity index (χ1n) is 5.29. The number of nitrogens with one attached hydrogen (secondary N) is 1. The fourth-order valence-electron chi connectivity index (χ4n) is 1.28. The van der Waals surface area contributed by atoms with Gasteiger partial charge in [0.05, 0.1) is 0 Å². The zero-order valence-corrected chi connectivity index (χ0v) is 9.75. The first-order valence-corrected chi connectivity index (χ1v) is 5.29. The molecule has 1 N–H and O–H groups in total. The van der Waals surface area contributed by atoms with E-state index in [2.05, 4.69) is 11.9 Å². The van der Waals surface area contributed by atoms with Gasteiger partial charge in [-0.25, -0.2) is 4.79 Å². The Kier molecular flexibility index (Phi) is 4.58. The van der Waals surface area contributed by atoms with E-state index in [0.29, 0.717) is 5.57 Å². The van der Waals surface area contributed by atoms with Crippen LogP contribution in [-0.4, -0.2) is 12.5 Å². The van der Waals surface area contributed by atoms with Gasteiger partial charge in [-0.05, 0) is 19.9 Å². The van der Waals surface area contributed by atoms with Gasteiger partial charge in [0.1, 0.15) is 6.61 Å². The van der Waals surface area contributed by atoms with Crippen LogP contribution in [0.2, 0.25) is 0 Å². The van der Waals surface area contributed by atoms with Crippen LogP contribution in [0, 0.1) is 0 Å². The maximum atomic E-state index is 11.2. The van der Waals surface area contributed by atoms with Crippen molar-refractivity contribution in [1.82, 2.24) is 0 Å². The number of esters is 1. The second kappa shape index (κ2) is 5.95. The van der Waals surface area contributed by atoms with Crippen molar-refractivity contribution in [2.75, 3.05) is 11.9 Å². The molecule has 0 heterocycles. The van der Waals surface area contributed by atoms with Crippen LogP contribution in [0.15, 0.2) is 36.4 Å². The minimum atomic E-state index is -0.355. The van der Waals surface area contributed by atoms with Crippen molar-refractivity contribution in [3.63, 3.8) is 0 Å². The molecule has 3 nitrogen and oxygen atoms in total. The van der Waals surface area contributed by atoms with Gasteiger partial charge in [-0.15, -0.1) is 0 Å². The predicted molar refractivity (Wildman–Crippen MR) is 65.2 cm³/mol. The molecule has 0 aliphatic heterocycles. The molecule has 0 amide bonds. The normalized spacial score (nSPS) is 9.62. The van der Waals surface area contributed by atoms with Gasteiger partial charge in [0.15, 0.2) is 0 Å². The summed E-state index contributed by atoms with van der Waals surface area (Å²) in [7, 11) is 0. The Labute approximate surface area is 96.1 Å². The highest BCUT2D eigenvalue weighted by Crippen LogP contribution is 2.16. The van der Waals surface area contributed by atoms with E-state index < -0.39 is 0 Å². The van der Waals surface area contributed by atoms with E-state index in [1.807, 2.05) is 31.2 Å². The molecule has 0 aromatic heterocycles. The largest absolute Gasteiger partial charge is 0.457 e. The van der Waals surface area contributed by atoms with E-state index in [4.69, 9.17) is 4.74 Å². The highest BCUT2D eigenvalue weighted by atomic mass is 16.5. The van der Waals surface area contributed by atoms with Crippen molar-refractivity contribution < 1.29 is 9.53 Å². The van der Waals surface area contributed by atoms with Crippen molar-refractivity contribution in [3.8, 4) is 0 Å². The SMILES string of the molecule is C=C(C)C(=O)OCc1ccccc1NCC. The maximum Gasteiger partial charge on any atom is 0.333 e. The summed E-state index contributed by atoms with van der Waals surface area (Å²) >= 11 is 0. The fourth-order valence-corrected chi connectivity index (χ4v) is 1.28. The molecule has 1 rings (SSSR count). The summed E-state index contributed by atoms with van der Waals surface area (Å²) in [4.78, 5) is 11.2. The first kappa shape index (κ1) is 12.3. The predicted octanol–water partition coefficient (Wildman–Crippen LogP) is 2.74. The second-order valence-corrected chi connectivity index (χ2v) is 3.54. The van der Waals surface area contributed by atoms with Gasteiger partial charge in [0, 0.05) is 23.4 Å². The molecule has 0 fully saturated rings. The van der Waals surface area contributed by atoms with Crippen molar-refractivity contribution >= 4 is 11.7 Å². The lowest BCUT2D eigenvalue weighted by Crippen LogP contribution is -2.07. The molecular formula is C13H17NO2. The molecule has 3 heteroatoms. The quantitative estimate of drug-likeness (QED) is 0.611. The van der Waals surface area contributed by atoms with Crippen molar-refractivity contribution in [2.45, 2.75) is 20.5 Å². The van der Waals surface area contributed by atoms with E-state index in [1.54, 1.807) is 6.92 Å². The average Bonchev–Trinajstić information content (AvgIpc) is 2.27. The van der Waals surface area contributed by atoms with Crippen LogP contribution in [0.5, 0.6) is 0 Å². The Balaban J connectivity index is 2.66. The number of hydrogen-bond acceptors (Lipinski definition) is 3. The van der Waals surface area contributed by atoms with Crippen LogP contribution in [0.4, 0.5) is 5.69 Å². The molecule has 1 aromatic rings. The van der Waals surface area contributed by atoms with Crippen LogP contribution in [0.25, 0.3) is 0 Å². The van der Waals surface area contributed by atoms with Crippen LogP contribution in [-0.2, 0) is 16.1 Å². The highest BCUT2D eigenvalue weighted by molar-refractivity contribution is 5.86. The third kappa shape index (κ3) is 3.42. The Hall–Kier alpha value is -1.77. The Morgan fingerprint density at radius 3 is 2.75 bits per heavy atom. The molecule has 0 radical (unpaired) electrons. The number of ether oxygens (including phenoxy) is 1. The first-order chi connectivity index (χ1) is 7.65. The summed E-state index contributed by atoms with van der Waals surface area (Å²) in [5.74, 6) is -0.355. The molecule has 0 aliphatic carbocycles. The topological polar surface area (TPSA) is 38.3 Å². The number of rotatable bonds is 5. The summed E-state index contributed by atoms with van der Waals surface area (Å²) in [5, 5.41) is 3.22. The molecule has 0 atom stereocenters. The summed E-state index contributed by atoms with van der Waals surface area (Å²) in [6, 6.07) is 7.77. The smallest absolute Gasteiger partial charge is 0.333 e. The monoisotopic (exact) mass is 219 g/mol. The molecule has 0 bridgehead atoms. The Morgan fingerprint density at radius 1 is 1.44 bits per heavy atom.